The molecule has 0 aliphatic carbocycles. The Kier molecular flexibility index (Phi) is 8.84. The quantitative estimate of drug-likeness (QED) is 0.249. The molecule has 0 unspecified atom stereocenters. The molecule has 1 amide bonds. The summed E-state index contributed by atoms with van der Waals surface area (Å²) < 4.78 is 11.6. The van der Waals surface area contributed by atoms with Gasteiger partial charge in [-0.3, -0.25) is 4.79 Å². The van der Waals surface area contributed by atoms with Crippen molar-refractivity contribution in [2.24, 2.45) is 0 Å². The molecule has 0 saturated heterocycles. The van der Waals surface area contributed by atoms with Gasteiger partial charge in [0, 0.05) is 21.3 Å². The van der Waals surface area contributed by atoms with E-state index in [-0.39, 0.29) is 17.2 Å². The Bertz CT molecular complexity index is 1280. The molecule has 8 heteroatoms. The van der Waals surface area contributed by atoms with Crippen molar-refractivity contribution in [1.82, 2.24) is 0 Å². The van der Waals surface area contributed by atoms with Crippen LogP contribution in [0.2, 0.25) is 15.1 Å². The molecule has 3 rings (SSSR count). The number of nitriles is 1. The van der Waals surface area contributed by atoms with Crippen molar-refractivity contribution < 1.29 is 14.3 Å². The number of aryl methyl sites for hydroxylation is 1. The summed E-state index contributed by atoms with van der Waals surface area (Å²) in [5, 5.41) is 13.6. The molecular weight excluding hydrogens is 495 g/mol. The lowest BCUT2D eigenvalue weighted by molar-refractivity contribution is -0.112. The Hall–Kier alpha value is -3.17. The molecule has 0 aliphatic rings. The van der Waals surface area contributed by atoms with Gasteiger partial charge in [-0.05, 0) is 61.4 Å². The van der Waals surface area contributed by atoms with Gasteiger partial charge in [0.1, 0.15) is 18.2 Å². The van der Waals surface area contributed by atoms with Crippen molar-refractivity contribution in [3.8, 4) is 17.6 Å². The Morgan fingerprint density at radius 1 is 1.03 bits per heavy atom. The van der Waals surface area contributed by atoms with Gasteiger partial charge < -0.3 is 14.8 Å². The van der Waals surface area contributed by atoms with Crippen LogP contribution in [0.25, 0.3) is 6.08 Å². The van der Waals surface area contributed by atoms with Crippen molar-refractivity contribution in [1.29, 1.82) is 5.26 Å². The van der Waals surface area contributed by atoms with E-state index in [4.69, 9.17) is 44.3 Å². The third-order valence-corrected chi connectivity index (χ3v) is 5.82. The molecule has 0 bridgehead atoms. The number of halogens is 3. The van der Waals surface area contributed by atoms with Crippen LogP contribution in [0.3, 0.4) is 0 Å². The van der Waals surface area contributed by atoms with Gasteiger partial charge in [0.05, 0.1) is 11.6 Å². The van der Waals surface area contributed by atoms with E-state index in [0.29, 0.717) is 39.4 Å². The minimum atomic E-state index is -0.574. The second-order valence-electron chi connectivity index (χ2n) is 7.23. The van der Waals surface area contributed by atoms with Crippen LogP contribution in [-0.2, 0) is 11.4 Å². The Labute approximate surface area is 213 Å². The van der Waals surface area contributed by atoms with E-state index in [1.807, 2.05) is 38.1 Å². The molecule has 174 valence electrons. The number of rotatable bonds is 8. The number of hydrogen-bond donors (Lipinski definition) is 1. The highest BCUT2D eigenvalue weighted by molar-refractivity contribution is 6.33. The summed E-state index contributed by atoms with van der Waals surface area (Å²) in [6.07, 6.45) is 1.43. The zero-order valence-electron chi connectivity index (χ0n) is 18.5. The number of ether oxygens (including phenoxy) is 2. The SMILES string of the molecule is CCOc1cc(/C=C(/C#N)C(=O)Nc2ccc(C)c(Cl)c2)cc(Cl)c1OCc1ccccc1Cl. The van der Waals surface area contributed by atoms with Gasteiger partial charge in [0.25, 0.3) is 5.91 Å². The van der Waals surface area contributed by atoms with Crippen LogP contribution in [0.5, 0.6) is 11.5 Å². The van der Waals surface area contributed by atoms with Gasteiger partial charge in [0.15, 0.2) is 11.5 Å². The van der Waals surface area contributed by atoms with Crippen LogP contribution in [0, 0.1) is 18.3 Å². The molecule has 0 radical (unpaired) electrons. The average molecular weight is 516 g/mol. The number of hydrogen-bond acceptors (Lipinski definition) is 4. The molecule has 0 aliphatic heterocycles. The smallest absolute Gasteiger partial charge is 0.266 e. The summed E-state index contributed by atoms with van der Waals surface area (Å²) in [4.78, 5) is 12.7. The Balaban J connectivity index is 1.86. The van der Waals surface area contributed by atoms with Gasteiger partial charge in [-0.2, -0.15) is 5.26 Å². The number of nitrogens with zero attached hydrogens (tertiary/aromatic N) is 1. The lowest BCUT2D eigenvalue weighted by Crippen LogP contribution is -2.13. The highest BCUT2D eigenvalue weighted by atomic mass is 35.5. The molecule has 3 aromatic rings. The predicted octanol–water partition coefficient (Wildman–Crippen LogP) is 7.48. The molecular formula is C26H21Cl3N2O3. The van der Waals surface area contributed by atoms with Crippen molar-refractivity contribution in [2.75, 3.05) is 11.9 Å². The van der Waals surface area contributed by atoms with Crippen LogP contribution in [0.1, 0.15) is 23.6 Å². The lowest BCUT2D eigenvalue weighted by atomic mass is 10.1. The van der Waals surface area contributed by atoms with Gasteiger partial charge in [-0.25, -0.2) is 0 Å². The van der Waals surface area contributed by atoms with Crippen LogP contribution in [0.4, 0.5) is 5.69 Å². The number of benzene rings is 3. The highest BCUT2D eigenvalue weighted by Crippen LogP contribution is 2.38. The van der Waals surface area contributed by atoms with E-state index in [1.54, 1.807) is 36.4 Å². The van der Waals surface area contributed by atoms with Crippen molar-refractivity contribution >= 4 is 52.5 Å². The summed E-state index contributed by atoms with van der Waals surface area (Å²) in [6, 6.07) is 17.6. The second kappa shape index (κ2) is 11.8. The van der Waals surface area contributed by atoms with Gasteiger partial charge in [0.2, 0.25) is 0 Å². The monoisotopic (exact) mass is 514 g/mol. The molecule has 1 N–H and O–H groups in total. The van der Waals surface area contributed by atoms with Crippen LogP contribution in [-0.4, -0.2) is 12.5 Å². The zero-order valence-corrected chi connectivity index (χ0v) is 20.8. The van der Waals surface area contributed by atoms with Crippen molar-refractivity contribution in [2.45, 2.75) is 20.5 Å². The summed E-state index contributed by atoms with van der Waals surface area (Å²) >= 11 is 18.8. The Morgan fingerprint density at radius 3 is 2.47 bits per heavy atom. The number of carbonyl (C=O) groups is 1. The van der Waals surface area contributed by atoms with Crippen molar-refractivity contribution in [3.05, 3.63) is 91.9 Å². The summed E-state index contributed by atoms with van der Waals surface area (Å²) in [5.41, 5.74) is 2.56. The topological polar surface area (TPSA) is 71.3 Å². The number of anilines is 1. The molecule has 0 heterocycles. The molecule has 0 fully saturated rings. The summed E-state index contributed by atoms with van der Waals surface area (Å²) in [5.74, 6) is 0.157. The lowest BCUT2D eigenvalue weighted by Gasteiger charge is -2.15. The van der Waals surface area contributed by atoms with E-state index in [0.717, 1.165) is 11.1 Å². The first-order valence-corrected chi connectivity index (χ1v) is 11.5. The van der Waals surface area contributed by atoms with Crippen LogP contribution in [0.15, 0.2) is 60.2 Å². The minimum Gasteiger partial charge on any atom is -0.490 e. The van der Waals surface area contributed by atoms with Gasteiger partial charge >= 0.3 is 0 Å². The van der Waals surface area contributed by atoms with Crippen molar-refractivity contribution in [3.63, 3.8) is 0 Å². The second-order valence-corrected chi connectivity index (χ2v) is 8.45. The van der Waals surface area contributed by atoms with Gasteiger partial charge in [-0.15, -0.1) is 0 Å². The third-order valence-electron chi connectivity index (χ3n) is 4.77. The maximum atomic E-state index is 12.7. The molecule has 0 spiro atoms. The van der Waals surface area contributed by atoms with Crippen LogP contribution < -0.4 is 14.8 Å². The fourth-order valence-electron chi connectivity index (χ4n) is 3.02. The maximum absolute atomic E-state index is 12.7. The first kappa shape index (κ1) is 25.5. The van der Waals surface area contributed by atoms with E-state index in [9.17, 15) is 10.1 Å². The molecule has 0 atom stereocenters. The molecule has 0 aromatic heterocycles. The minimum absolute atomic E-state index is 0.111. The highest BCUT2D eigenvalue weighted by Gasteiger charge is 2.16. The van der Waals surface area contributed by atoms with E-state index in [2.05, 4.69) is 5.32 Å². The van der Waals surface area contributed by atoms with Gasteiger partial charge in [-0.1, -0.05) is 59.1 Å². The largest absolute Gasteiger partial charge is 0.490 e. The first-order chi connectivity index (χ1) is 16.3. The number of carbonyl (C=O) groups excluding carboxylic acids is 1. The van der Waals surface area contributed by atoms with Crippen LogP contribution >= 0.6 is 34.8 Å². The fourth-order valence-corrected chi connectivity index (χ4v) is 3.67. The Morgan fingerprint density at radius 2 is 1.79 bits per heavy atom. The number of amides is 1. The molecule has 0 saturated carbocycles. The molecule has 34 heavy (non-hydrogen) atoms. The average Bonchev–Trinajstić information content (AvgIpc) is 2.80. The summed E-state index contributed by atoms with van der Waals surface area (Å²) in [6.45, 7) is 4.25. The maximum Gasteiger partial charge on any atom is 0.266 e. The van der Waals surface area contributed by atoms with E-state index >= 15 is 0 Å². The first-order valence-electron chi connectivity index (χ1n) is 10.3. The van der Waals surface area contributed by atoms with E-state index < -0.39 is 5.91 Å². The summed E-state index contributed by atoms with van der Waals surface area (Å²) in [7, 11) is 0. The zero-order chi connectivity index (χ0) is 24.7. The normalized spacial score (nSPS) is 11.0. The molecule has 3 aromatic carbocycles. The number of nitrogens with one attached hydrogen (secondary N) is 1. The fraction of sp³-hybridized carbons (Fsp3) is 0.154. The predicted molar refractivity (Wildman–Crippen MR) is 137 cm³/mol. The van der Waals surface area contributed by atoms with E-state index in [1.165, 1.54) is 6.08 Å². The third kappa shape index (κ3) is 6.45. The molecule has 5 nitrogen and oxygen atoms in total. The standard InChI is InChI=1S/C26H21Cl3N2O3/c1-3-33-24-12-17(11-23(29)25(24)34-15-18-6-4-5-7-21(18)27)10-19(14-30)26(32)31-20-9-8-16(2)22(28)13-20/h4-13H,3,15H2,1-2H3,(H,31,32)/b19-10-.